The Labute approximate surface area is 124 Å². The second-order valence-electron chi connectivity index (χ2n) is 5.32. The molecule has 1 aromatic heterocycles. The molecule has 21 heavy (non-hydrogen) atoms. The number of hydrogen-bond donors (Lipinski definition) is 1. The number of anilines is 2. The van der Waals surface area contributed by atoms with Gasteiger partial charge in [0.25, 0.3) is 0 Å². The average Bonchev–Trinajstić information content (AvgIpc) is 2.56. The van der Waals surface area contributed by atoms with Crippen molar-refractivity contribution in [2.24, 2.45) is 0 Å². The maximum Gasteiger partial charge on any atom is 0.210 e. The lowest BCUT2D eigenvalue weighted by Gasteiger charge is -2.32. The third-order valence-corrected chi connectivity index (χ3v) is 3.90. The lowest BCUT2D eigenvalue weighted by atomic mass is 9.97. The van der Waals surface area contributed by atoms with Crippen molar-refractivity contribution in [1.29, 1.82) is 0 Å². The number of pyridine rings is 1. The number of aromatic nitrogens is 1. The zero-order chi connectivity index (χ0) is 14.5. The number of likely N-dealkylation sites (tertiary alicyclic amines) is 1. The van der Waals surface area contributed by atoms with Gasteiger partial charge >= 0.3 is 0 Å². The van der Waals surface area contributed by atoms with E-state index in [1.807, 2.05) is 47.5 Å². The van der Waals surface area contributed by atoms with Crippen molar-refractivity contribution in [1.82, 2.24) is 9.88 Å². The Kier molecular flexibility index (Phi) is 4.15. The molecule has 2 heterocycles. The summed E-state index contributed by atoms with van der Waals surface area (Å²) in [5.74, 6) is 0.818. The summed E-state index contributed by atoms with van der Waals surface area (Å²) in [7, 11) is 0. The number of piperidine rings is 1. The number of carbonyl (C=O) groups excluding carboxylic acids is 1. The van der Waals surface area contributed by atoms with Crippen molar-refractivity contribution >= 4 is 17.9 Å². The van der Waals surface area contributed by atoms with Gasteiger partial charge in [-0.05, 0) is 43.0 Å². The van der Waals surface area contributed by atoms with Crippen molar-refractivity contribution < 1.29 is 4.79 Å². The van der Waals surface area contributed by atoms with E-state index < -0.39 is 0 Å². The van der Waals surface area contributed by atoms with Crippen molar-refractivity contribution in [3.05, 3.63) is 54.2 Å². The minimum Gasteiger partial charge on any atom is -0.340 e. The van der Waals surface area contributed by atoms with Crippen LogP contribution in [0, 0.1) is 0 Å². The first-order valence-corrected chi connectivity index (χ1v) is 7.36. The van der Waals surface area contributed by atoms with Crippen LogP contribution in [0.25, 0.3) is 0 Å². The molecule has 1 aliphatic heterocycles. The van der Waals surface area contributed by atoms with Gasteiger partial charge in [-0.1, -0.05) is 24.3 Å². The van der Waals surface area contributed by atoms with Crippen LogP contribution in [-0.2, 0) is 4.79 Å². The molecule has 4 heteroatoms. The second-order valence-corrected chi connectivity index (χ2v) is 5.32. The number of benzene rings is 1. The summed E-state index contributed by atoms with van der Waals surface area (Å²) in [4.78, 5) is 17.5. The van der Waals surface area contributed by atoms with E-state index in [1.165, 1.54) is 6.42 Å². The van der Waals surface area contributed by atoms with E-state index in [0.29, 0.717) is 0 Å². The molecule has 0 radical (unpaired) electrons. The molecule has 1 amide bonds. The van der Waals surface area contributed by atoms with Gasteiger partial charge in [0.15, 0.2) is 0 Å². The molecule has 1 saturated heterocycles. The van der Waals surface area contributed by atoms with E-state index in [2.05, 4.69) is 16.4 Å². The van der Waals surface area contributed by atoms with E-state index in [1.54, 1.807) is 0 Å². The third-order valence-electron chi connectivity index (χ3n) is 3.90. The molecule has 1 aliphatic rings. The first-order chi connectivity index (χ1) is 10.4. The van der Waals surface area contributed by atoms with Crippen molar-refractivity contribution in [3.8, 4) is 0 Å². The zero-order valence-electron chi connectivity index (χ0n) is 11.9. The molecule has 1 aromatic carbocycles. The van der Waals surface area contributed by atoms with E-state index in [4.69, 9.17) is 0 Å². The zero-order valence-corrected chi connectivity index (χ0v) is 11.9. The summed E-state index contributed by atoms with van der Waals surface area (Å²) in [5, 5.41) is 3.26. The normalized spacial score (nSPS) is 18.3. The van der Waals surface area contributed by atoms with E-state index >= 15 is 0 Å². The Morgan fingerprint density at radius 1 is 1.14 bits per heavy atom. The fourth-order valence-electron chi connectivity index (χ4n) is 2.78. The third kappa shape index (κ3) is 3.21. The highest BCUT2D eigenvalue weighted by Gasteiger charge is 2.22. The highest BCUT2D eigenvalue weighted by atomic mass is 16.1. The van der Waals surface area contributed by atoms with E-state index in [0.717, 1.165) is 42.9 Å². The van der Waals surface area contributed by atoms with Crippen LogP contribution >= 0.6 is 0 Å². The van der Waals surface area contributed by atoms with Crippen molar-refractivity contribution in [2.45, 2.75) is 25.3 Å². The largest absolute Gasteiger partial charge is 0.340 e. The molecule has 0 spiro atoms. The maximum atomic E-state index is 11.1. The lowest BCUT2D eigenvalue weighted by Crippen LogP contribution is -2.32. The van der Waals surface area contributed by atoms with Crippen LogP contribution in [0.15, 0.2) is 48.7 Å². The van der Waals surface area contributed by atoms with Crippen LogP contribution in [0.1, 0.15) is 30.9 Å². The molecule has 0 bridgehead atoms. The lowest BCUT2D eigenvalue weighted by molar-refractivity contribution is -0.121. The van der Waals surface area contributed by atoms with Gasteiger partial charge in [-0.25, -0.2) is 4.98 Å². The molecule has 4 nitrogen and oxygen atoms in total. The van der Waals surface area contributed by atoms with Gasteiger partial charge in [0.2, 0.25) is 6.41 Å². The van der Waals surface area contributed by atoms with Gasteiger partial charge in [0.05, 0.1) is 6.04 Å². The summed E-state index contributed by atoms with van der Waals surface area (Å²) in [6.45, 7) is 0.845. The topological polar surface area (TPSA) is 45.2 Å². The van der Waals surface area contributed by atoms with Crippen LogP contribution in [0.5, 0.6) is 0 Å². The number of amides is 1. The molecule has 3 rings (SSSR count). The van der Waals surface area contributed by atoms with Gasteiger partial charge in [0, 0.05) is 18.4 Å². The first kappa shape index (κ1) is 13.6. The summed E-state index contributed by atoms with van der Waals surface area (Å²) in [6, 6.07) is 14.2. The molecule has 108 valence electrons. The van der Waals surface area contributed by atoms with Crippen LogP contribution in [0.2, 0.25) is 0 Å². The van der Waals surface area contributed by atoms with E-state index in [-0.39, 0.29) is 6.04 Å². The molecule has 0 saturated carbocycles. The van der Waals surface area contributed by atoms with Gasteiger partial charge in [0.1, 0.15) is 5.82 Å². The minimum atomic E-state index is 0.175. The Morgan fingerprint density at radius 2 is 2.00 bits per heavy atom. The predicted octanol–water partition coefficient (Wildman–Crippen LogP) is 3.51. The fourth-order valence-corrected chi connectivity index (χ4v) is 2.78. The van der Waals surface area contributed by atoms with E-state index in [9.17, 15) is 4.79 Å². The van der Waals surface area contributed by atoms with Gasteiger partial charge in [-0.15, -0.1) is 0 Å². The molecular weight excluding hydrogens is 262 g/mol. The number of rotatable bonds is 4. The first-order valence-electron chi connectivity index (χ1n) is 7.36. The summed E-state index contributed by atoms with van der Waals surface area (Å²) >= 11 is 0. The summed E-state index contributed by atoms with van der Waals surface area (Å²) in [6.07, 6.45) is 6.11. The highest BCUT2D eigenvalue weighted by Crippen LogP contribution is 2.29. The van der Waals surface area contributed by atoms with Gasteiger partial charge in [-0.3, -0.25) is 4.79 Å². The number of para-hydroxylation sites is 1. The minimum absolute atomic E-state index is 0.175. The van der Waals surface area contributed by atoms with Crippen molar-refractivity contribution in [2.75, 3.05) is 11.9 Å². The molecule has 1 fully saturated rings. The van der Waals surface area contributed by atoms with Gasteiger partial charge < -0.3 is 10.2 Å². The number of carbonyl (C=O) groups is 1. The number of nitrogens with zero attached hydrogens (tertiary/aromatic N) is 2. The number of nitrogens with one attached hydrogen (secondary N) is 1. The Morgan fingerprint density at radius 3 is 2.71 bits per heavy atom. The second kappa shape index (κ2) is 6.39. The predicted molar refractivity (Wildman–Crippen MR) is 83.3 cm³/mol. The van der Waals surface area contributed by atoms with Gasteiger partial charge in [-0.2, -0.15) is 0 Å². The SMILES string of the molecule is O=CN1CCCC[C@@H]1c1ccc(Nc2ccccc2)nc1. The maximum absolute atomic E-state index is 11.1. The Balaban J connectivity index is 1.73. The molecular formula is C17H19N3O. The molecule has 1 atom stereocenters. The van der Waals surface area contributed by atoms with Crippen LogP contribution < -0.4 is 5.32 Å². The standard InChI is InChI=1S/C17H19N3O/c21-13-20-11-5-4-8-16(20)14-9-10-17(18-12-14)19-15-6-2-1-3-7-15/h1-3,6-7,9-10,12-13,16H,4-5,8,11H2,(H,18,19)/t16-/m1/s1. The van der Waals surface area contributed by atoms with Crippen LogP contribution in [0.3, 0.4) is 0 Å². The summed E-state index contributed by atoms with van der Waals surface area (Å²) in [5.41, 5.74) is 2.13. The Hall–Kier alpha value is -2.36. The average molecular weight is 281 g/mol. The summed E-state index contributed by atoms with van der Waals surface area (Å²) < 4.78 is 0. The Bertz CT molecular complexity index is 583. The smallest absolute Gasteiger partial charge is 0.210 e. The fraction of sp³-hybridized carbons (Fsp3) is 0.294. The van der Waals surface area contributed by atoms with Crippen molar-refractivity contribution in [3.63, 3.8) is 0 Å². The van der Waals surface area contributed by atoms with Crippen LogP contribution in [0.4, 0.5) is 11.5 Å². The molecule has 2 aromatic rings. The highest BCUT2D eigenvalue weighted by molar-refractivity contribution is 5.56. The molecule has 0 aliphatic carbocycles. The number of hydrogen-bond acceptors (Lipinski definition) is 3. The molecule has 1 N–H and O–H groups in total. The monoisotopic (exact) mass is 281 g/mol. The van der Waals surface area contributed by atoms with Crippen LogP contribution in [-0.4, -0.2) is 22.8 Å². The molecule has 0 unspecified atom stereocenters. The quantitative estimate of drug-likeness (QED) is 0.872.